The number of pyridine rings is 1. The van der Waals surface area contributed by atoms with Crippen LogP contribution in [0.5, 0.6) is 0 Å². The number of benzene rings is 6. The number of hydrogen-bond acceptors (Lipinski definition) is 3. The molecule has 0 N–H and O–H groups in total. The van der Waals surface area contributed by atoms with E-state index in [4.69, 9.17) is 11.8 Å². The molecule has 0 saturated heterocycles. The van der Waals surface area contributed by atoms with Gasteiger partial charge in [0.05, 0.1) is 16.9 Å². The van der Waals surface area contributed by atoms with Gasteiger partial charge in [-0.2, -0.15) is 11.3 Å². The van der Waals surface area contributed by atoms with E-state index < -0.39 is 26.5 Å². The van der Waals surface area contributed by atoms with Crippen LogP contribution in [-0.4, -0.2) is 27.8 Å². The van der Waals surface area contributed by atoms with E-state index >= 15 is 0 Å². The maximum Gasteiger partial charge on any atom is 0 e. The maximum atomic E-state index is 9.04. The molecule has 1 aliphatic carbocycles. The Hall–Kier alpha value is -4.65. The zero-order valence-corrected chi connectivity index (χ0v) is 43.2. The molecule has 9 aromatic rings. The number of imidazole rings is 1. The second-order valence-corrected chi connectivity index (χ2v) is 30.8. The first-order valence-electron chi connectivity index (χ1n) is 24.8. The van der Waals surface area contributed by atoms with E-state index in [1.54, 1.807) is 12.1 Å². The normalized spacial score (nSPS) is 15.1. The summed E-state index contributed by atoms with van der Waals surface area (Å²) < 4.78 is 46.6. The Morgan fingerprint density at radius 3 is 2.33 bits per heavy atom. The minimum atomic E-state index is -2.35. The smallest absolute Gasteiger partial charge is 0 e. The van der Waals surface area contributed by atoms with Crippen LogP contribution in [0.3, 0.4) is 0 Å². The molecule has 0 aliphatic heterocycles. The van der Waals surface area contributed by atoms with Crippen LogP contribution in [0.25, 0.3) is 70.7 Å². The van der Waals surface area contributed by atoms with Crippen LogP contribution in [0.2, 0.25) is 17.3 Å². The van der Waals surface area contributed by atoms with Crippen LogP contribution in [0.1, 0.15) is 82.0 Å². The Labute approximate surface area is 408 Å². The molecule has 1 radical (unpaired) electrons. The van der Waals surface area contributed by atoms with Crippen molar-refractivity contribution in [3.63, 3.8) is 0 Å². The molecule has 1 aliphatic rings. The average molecular weight is 1100 g/mol. The summed E-state index contributed by atoms with van der Waals surface area (Å²) in [6.07, 6.45) is 5.74. The molecule has 0 unspecified atom stereocenters. The molecule has 3 aromatic heterocycles. The number of para-hydroxylation sites is 2. The first-order chi connectivity index (χ1) is 32.3. The third-order valence-electron chi connectivity index (χ3n) is 12.3. The Kier molecular flexibility index (Phi) is 11.8. The topological polar surface area (TPSA) is 30.7 Å². The van der Waals surface area contributed by atoms with Crippen molar-refractivity contribution < 1.29 is 27.0 Å². The summed E-state index contributed by atoms with van der Waals surface area (Å²) >= 11 is -0.513. The van der Waals surface area contributed by atoms with Gasteiger partial charge in [0.2, 0.25) is 0 Å². The van der Waals surface area contributed by atoms with Gasteiger partial charge in [0, 0.05) is 36.1 Å². The van der Waals surface area contributed by atoms with Crippen LogP contribution >= 0.6 is 11.3 Å². The quantitative estimate of drug-likeness (QED) is 0.118. The average Bonchev–Trinajstić information content (AvgIpc) is 3.89. The van der Waals surface area contributed by atoms with Gasteiger partial charge in [0.15, 0.2) is 0 Å². The number of nitrogens with zero attached hydrogens (tertiary/aromatic N) is 3. The number of hydrogen-bond donors (Lipinski definition) is 0. The van der Waals surface area contributed by atoms with Gasteiger partial charge >= 0.3 is 157 Å². The minimum absolute atomic E-state index is 0. The van der Waals surface area contributed by atoms with Crippen molar-refractivity contribution in [2.75, 3.05) is 0 Å². The summed E-state index contributed by atoms with van der Waals surface area (Å²) in [5.74, 6) is 7.78. The molecule has 0 amide bonds. The Bertz CT molecular complexity index is 3270. The van der Waals surface area contributed by atoms with Gasteiger partial charge in [-0.15, -0.1) is 18.2 Å². The van der Waals surface area contributed by atoms with Crippen molar-refractivity contribution in [3.8, 4) is 39.5 Å². The molecule has 3 nitrogen and oxygen atoms in total. The van der Waals surface area contributed by atoms with Crippen LogP contribution in [-0.2, 0) is 31.9 Å². The van der Waals surface area contributed by atoms with Crippen molar-refractivity contribution >= 4 is 60.2 Å². The first-order valence-corrected chi connectivity index (χ1v) is 30.5. The third kappa shape index (κ3) is 9.65. The van der Waals surface area contributed by atoms with Crippen LogP contribution in [0.4, 0.5) is 0 Å². The van der Waals surface area contributed by atoms with E-state index in [9.17, 15) is 0 Å². The Morgan fingerprint density at radius 1 is 0.828 bits per heavy atom. The monoisotopic (exact) mass is 1100 g/mol. The van der Waals surface area contributed by atoms with Gasteiger partial charge in [-0.3, -0.25) is 4.98 Å². The first kappa shape index (κ1) is 39.7. The Morgan fingerprint density at radius 2 is 1.59 bits per heavy atom. The summed E-state index contributed by atoms with van der Waals surface area (Å²) in [5.41, 5.74) is 11.7. The molecule has 0 atom stereocenters. The van der Waals surface area contributed by atoms with Gasteiger partial charge in [-0.25, -0.2) is 0 Å². The van der Waals surface area contributed by atoms with E-state index in [2.05, 4.69) is 164 Å². The van der Waals surface area contributed by atoms with Crippen molar-refractivity contribution in [3.05, 3.63) is 168 Å². The van der Waals surface area contributed by atoms with Gasteiger partial charge in [-0.05, 0) is 69.4 Å². The summed E-state index contributed by atoms with van der Waals surface area (Å²) in [5, 5.41) is 2.55. The van der Waals surface area contributed by atoms with E-state index in [1.165, 1.54) is 54.9 Å². The van der Waals surface area contributed by atoms with Crippen molar-refractivity contribution in [2.45, 2.75) is 95.7 Å². The summed E-state index contributed by atoms with van der Waals surface area (Å²) in [7, 11) is 0. The van der Waals surface area contributed by atoms with Crippen LogP contribution in [0, 0.1) is 31.8 Å². The molecule has 3 heterocycles. The largest absolute Gasteiger partial charge is 0 e. The molecule has 327 valence electrons. The molecule has 10 rings (SSSR count). The second-order valence-electron chi connectivity index (χ2n) is 19.1. The zero-order chi connectivity index (χ0) is 48.2. The fraction of sp³-hybridized carbons (Fsp3) is 0.276. The molecule has 64 heavy (non-hydrogen) atoms. The molecule has 6 heteroatoms. The molecular formula is C58H59GeIrN3S-2. The van der Waals surface area contributed by atoms with Gasteiger partial charge < -0.3 is 4.57 Å². The molecule has 0 bridgehead atoms. The SMILES string of the molecule is Cc1ccc2c(c1)sc1c(-c3nc4ccccc4n3-c3ccc(C(C)(C)C)cc3-c3ccccc3)[c-]ccc12.[2H]C([2H])([2H])c1c[c-]c(-c2cc(C([2H])([2H])C3CCCCC3)[c]([Ge]([CH3])([CH3])[CH3])cn2)cc1.[Ir]. The Balaban J connectivity index is 0.000000192. The standard InChI is InChI=1S/C36H29N2S.C22H30GeN.Ir/c1-23-17-19-26-27-13-10-14-28(34(27)39-33(26)21-23)35-37-30-15-8-9-16-32(30)38(35)31-20-18-25(36(2,3)4)22-29(31)24-11-6-5-7-12-24;1-17-10-12-19(13-11-17)22-15-20(14-18-8-6-5-7-9-18)21(16-24-22)23(2,3)4;/h5-13,15-22H,1-4H3;10-12,15-16,18H,5-9,14H2,1-4H3;/q2*-1;/i;1D3,14D2;. The molecule has 1 fully saturated rings. The van der Waals surface area contributed by atoms with Crippen LogP contribution < -0.4 is 4.40 Å². The number of fused-ring (bicyclic) bond motifs is 4. The van der Waals surface area contributed by atoms with E-state index in [0.29, 0.717) is 11.3 Å². The predicted octanol–water partition coefficient (Wildman–Crippen LogP) is 15.7. The number of aryl methyl sites for hydroxylation is 2. The van der Waals surface area contributed by atoms with Crippen LogP contribution in [0.15, 0.2) is 134 Å². The third-order valence-corrected chi connectivity index (χ3v) is 17.7. The van der Waals surface area contributed by atoms with E-state index in [0.717, 1.165) is 63.8 Å². The minimum Gasteiger partial charge on any atom is 0 e. The summed E-state index contributed by atoms with van der Waals surface area (Å²) in [6, 6.07) is 50.4. The zero-order valence-electron chi connectivity index (χ0n) is 42.9. The second kappa shape index (κ2) is 19.1. The molecular weight excluding hydrogens is 1040 g/mol. The van der Waals surface area contributed by atoms with E-state index in [-0.39, 0.29) is 37.0 Å². The number of rotatable bonds is 7. The summed E-state index contributed by atoms with van der Waals surface area (Å²) in [4.78, 5) is 9.88. The molecule has 0 spiro atoms. The van der Waals surface area contributed by atoms with Gasteiger partial charge in [0.25, 0.3) is 0 Å². The van der Waals surface area contributed by atoms with Crippen molar-refractivity contribution in [2.24, 2.45) is 5.92 Å². The van der Waals surface area contributed by atoms with Crippen molar-refractivity contribution in [1.29, 1.82) is 0 Å². The number of thiophene rings is 1. The fourth-order valence-corrected chi connectivity index (χ4v) is 13.1. The molecule has 6 aromatic carbocycles. The fourth-order valence-electron chi connectivity index (χ4n) is 8.87. The van der Waals surface area contributed by atoms with E-state index in [1.807, 2.05) is 29.7 Å². The molecule has 1 saturated carbocycles. The van der Waals surface area contributed by atoms with Crippen molar-refractivity contribution in [1.82, 2.24) is 14.5 Å². The van der Waals surface area contributed by atoms with Gasteiger partial charge in [-0.1, -0.05) is 92.4 Å². The number of aromatic nitrogens is 3. The van der Waals surface area contributed by atoms with Gasteiger partial charge in [0.1, 0.15) is 0 Å². The maximum absolute atomic E-state index is 9.04. The summed E-state index contributed by atoms with van der Waals surface area (Å²) in [6.45, 7) is 6.81. The predicted molar refractivity (Wildman–Crippen MR) is 274 cm³/mol.